The molecule has 0 heterocycles. The highest BCUT2D eigenvalue weighted by atomic mass is 16.5. The van der Waals surface area contributed by atoms with Crippen LogP contribution in [0.2, 0.25) is 0 Å². The molecule has 4 nitrogen and oxygen atoms in total. The standard InChI is InChI=1S/C19H30N2O2/c1-3-4-5-6-7-8-9-10-14-19(22)21-20-16-17-12-11-13-18(15-17)23-2/h11-13,15-16H,3-10,14H2,1-2H3,(H,21,22). The molecule has 0 aliphatic carbocycles. The summed E-state index contributed by atoms with van der Waals surface area (Å²) < 4.78 is 5.14. The first kappa shape index (κ1) is 19.2. The van der Waals surface area contributed by atoms with Crippen molar-refractivity contribution in [3.8, 4) is 5.75 Å². The van der Waals surface area contributed by atoms with Crippen LogP contribution in [-0.4, -0.2) is 19.2 Å². The van der Waals surface area contributed by atoms with E-state index in [1.807, 2.05) is 24.3 Å². The highest BCUT2D eigenvalue weighted by Gasteiger charge is 1.99. The molecule has 0 saturated heterocycles. The largest absolute Gasteiger partial charge is 0.497 e. The van der Waals surface area contributed by atoms with Crippen molar-refractivity contribution in [2.75, 3.05) is 7.11 Å². The maximum atomic E-state index is 11.7. The topological polar surface area (TPSA) is 50.7 Å². The summed E-state index contributed by atoms with van der Waals surface area (Å²) in [7, 11) is 1.63. The molecule has 1 aromatic carbocycles. The van der Waals surface area contributed by atoms with Crippen molar-refractivity contribution in [3.63, 3.8) is 0 Å². The fourth-order valence-electron chi connectivity index (χ4n) is 2.38. The lowest BCUT2D eigenvalue weighted by Gasteiger charge is -2.02. The minimum Gasteiger partial charge on any atom is -0.497 e. The first-order valence-corrected chi connectivity index (χ1v) is 8.72. The van der Waals surface area contributed by atoms with Crippen molar-refractivity contribution in [3.05, 3.63) is 29.8 Å². The van der Waals surface area contributed by atoms with E-state index in [1.54, 1.807) is 13.3 Å². The molecule has 1 amide bonds. The Morgan fingerprint density at radius 3 is 2.52 bits per heavy atom. The lowest BCUT2D eigenvalue weighted by atomic mass is 10.1. The Morgan fingerprint density at radius 1 is 1.13 bits per heavy atom. The normalized spacial score (nSPS) is 10.9. The number of benzene rings is 1. The summed E-state index contributed by atoms with van der Waals surface area (Å²) in [6, 6.07) is 7.55. The predicted molar refractivity (Wildman–Crippen MR) is 96.0 cm³/mol. The second kappa shape index (κ2) is 12.7. The van der Waals surface area contributed by atoms with E-state index < -0.39 is 0 Å². The number of unbranched alkanes of at least 4 members (excludes halogenated alkanes) is 7. The van der Waals surface area contributed by atoms with Gasteiger partial charge in [0.2, 0.25) is 5.91 Å². The molecular weight excluding hydrogens is 288 g/mol. The zero-order chi connectivity index (χ0) is 16.8. The highest BCUT2D eigenvalue weighted by molar-refractivity contribution is 5.82. The van der Waals surface area contributed by atoms with E-state index in [4.69, 9.17) is 4.74 Å². The van der Waals surface area contributed by atoms with Gasteiger partial charge in [0.05, 0.1) is 13.3 Å². The van der Waals surface area contributed by atoms with Crippen LogP contribution in [0.3, 0.4) is 0 Å². The van der Waals surface area contributed by atoms with Gasteiger partial charge in [-0.15, -0.1) is 0 Å². The quantitative estimate of drug-likeness (QED) is 0.346. The molecule has 0 unspecified atom stereocenters. The fraction of sp³-hybridized carbons (Fsp3) is 0.579. The highest BCUT2D eigenvalue weighted by Crippen LogP contribution is 2.11. The second-order valence-corrected chi connectivity index (χ2v) is 5.79. The summed E-state index contributed by atoms with van der Waals surface area (Å²) in [6.45, 7) is 2.23. The Morgan fingerprint density at radius 2 is 1.83 bits per heavy atom. The third-order valence-corrected chi connectivity index (χ3v) is 3.75. The third kappa shape index (κ3) is 9.72. The van der Waals surface area contributed by atoms with E-state index in [0.717, 1.165) is 24.2 Å². The molecule has 0 aliphatic rings. The van der Waals surface area contributed by atoms with Gasteiger partial charge in [-0.25, -0.2) is 5.43 Å². The van der Waals surface area contributed by atoms with Crippen LogP contribution in [0.1, 0.15) is 70.3 Å². The van der Waals surface area contributed by atoms with E-state index in [-0.39, 0.29) is 5.91 Å². The number of nitrogens with one attached hydrogen (secondary N) is 1. The van der Waals surface area contributed by atoms with E-state index in [2.05, 4.69) is 17.5 Å². The fourth-order valence-corrected chi connectivity index (χ4v) is 2.38. The minimum absolute atomic E-state index is 0.0184. The summed E-state index contributed by atoms with van der Waals surface area (Å²) in [5.74, 6) is 0.759. The molecule has 0 aromatic heterocycles. The van der Waals surface area contributed by atoms with Crippen LogP contribution in [0, 0.1) is 0 Å². The molecule has 0 radical (unpaired) electrons. The van der Waals surface area contributed by atoms with E-state index in [9.17, 15) is 4.79 Å². The molecule has 23 heavy (non-hydrogen) atoms. The van der Waals surface area contributed by atoms with Gasteiger partial charge in [-0.05, 0) is 24.1 Å². The van der Waals surface area contributed by atoms with Crippen molar-refractivity contribution < 1.29 is 9.53 Å². The number of carbonyl (C=O) groups excluding carboxylic acids is 1. The number of hydrogen-bond acceptors (Lipinski definition) is 3. The molecule has 0 fully saturated rings. The van der Waals surface area contributed by atoms with Gasteiger partial charge in [-0.3, -0.25) is 4.79 Å². The molecular formula is C19H30N2O2. The minimum atomic E-state index is -0.0184. The number of nitrogens with zero attached hydrogens (tertiary/aromatic N) is 1. The molecule has 0 saturated carbocycles. The van der Waals surface area contributed by atoms with Gasteiger partial charge in [0.1, 0.15) is 5.75 Å². The molecule has 0 bridgehead atoms. The van der Waals surface area contributed by atoms with Crippen LogP contribution in [0.5, 0.6) is 5.75 Å². The van der Waals surface area contributed by atoms with Crippen LogP contribution in [0.4, 0.5) is 0 Å². The molecule has 0 aliphatic heterocycles. The van der Waals surface area contributed by atoms with Crippen molar-refractivity contribution in [2.45, 2.75) is 64.7 Å². The average Bonchev–Trinajstić information content (AvgIpc) is 2.57. The van der Waals surface area contributed by atoms with E-state index >= 15 is 0 Å². The Balaban J connectivity index is 2.08. The number of hydrogen-bond donors (Lipinski definition) is 1. The van der Waals surface area contributed by atoms with E-state index in [0.29, 0.717) is 6.42 Å². The summed E-state index contributed by atoms with van der Waals surface area (Å²) in [5.41, 5.74) is 3.48. The molecule has 4 heteroatoms. The van der Waals surface area contributed by atoms with Crippen molar-refractivity contribution in [1.82, 2.24) is 5.43 Å². The Labute approximate surface area is 140 Å². The van der Waals surface area contributed by atoms with Gasteiger partial charge in [0.15, 0.2) is 0 Å². The van der Waals surface area contributed by atoms with Crippen LogP contribution in [0.15, 0.2) is 29.4 Å². The van der Waals surface area contributed by atoms with Crippen molar-refractivity contribution in [1.29, 1.82) is 0 Å². The van der Waals surface area contributed by atoms with Crippen LogP contribution >= 0.6 is 0 Å². The van der Waals surface area contributed by atoms with Gasteiger partial charge in [-0.2, -0.15) is 5.10 Å². The van der Waals surface area contributed by atoms with Gasteiger partial charge in [-0.1, -0.05) is 64.0 Å². The first-order chi connectivity index (χ1) is 11.3. The summed E-state index contributed by atoms with van der Waals surface area (Å²) in [6.07, 6.45) is 12.1. The van der Waals surface area contributed by atoms with Crippen LogP contribution in [0.25, 0.3) is 0 Å². The van der Waals surface area contributed by atoms with Gasteiger partial charge < -0.3 is 4.74 Å². The third-order valence-electron chi connectivity index (χ3n) is 3.75. The Bertz CT molecular complexity index is 472. The maximum Gasteiger partial charge on any atom is 0.240 e. The summed E-state index contributed by atoms with van der Waals surface area (Å²) in [5, 5.41) is 3.99. The smallest absolute Gasteiger partial charge is 0.240 e. The monoisotopic (exact) mass is 318 g/mol. The second-order valence-electron chi connectivity index (χ2n) is 5.79. The molecule has 1 N–H and O–H groups in total. The molecule has 0 atom stereocenters. The summed E-state index contributed by atoms with van der Waals surface area (Å²) in [4.78, 5) is 11.7. The number of rotatable bonds is 12. The predicted octanol–water partition coefficient (Wildman–Crippen LogP) is 4.68. The van der Waals surface area contributed by atoms with Gasteiger partial charge in [0.25, 0.3) is 0 Å². The van der Waals surface area contributed by atoms with Crippen molar-refractivity contribution >= 4 is 12.1 Å². The zero-order valence-electron chi connectivity index (χ0n) is 14.5. The summed E-state index contributed by atoms with van der Waals surface area (Å²) >= 11 is 0. The number of hydrazone groups is 1. The number of carbonyl (C=O) groups is 1. The number of amides is 1. The lowest BCUT2D eigenvalue weighted by molar-refractivity contribution is -0.121. The van der Waals surface area contributed by atoms with E-state index in [1.165, 1.54) is 38.5 Å². The number of ether oxygens (including phenoxy) is 1. The lowest BCUT2D eigenvalue weighted by Crippen LogP contribution is -2.16. The molecule has 1 aromatic rings. The zero-order valence-corrected chi connectivity index (χ0v) is 14.5. The Kier molecular flexibility index (Phi) is 10.6. The van der Waals surface area contributed by atoms with Crippen LogP contribution in [-0.2, 0) is 4.79 Å². The maximum absolute atomic E-state index is 11.7. The SMILES string of the molecule is CCCCCCCCCCC(=O)NN=Cc1cccc(OC)c1. The van der Waals surface area contributed by atoms with Gasteiger partial charge >= 0.3 is 0 Å². The average molecular weight is 318 g/mol. The van der Waals surface area contributed by atoms with Gasteiger partial charge in [0, 0.05) is 6.42 Å². The number of methoxy groups -OCH3 is 1. The molecule has 128 valence electrons. The Hall–Kier alpha value is -1.84. The first-order valence-electron chi connectivity index (χ1n) is 8.72. The molecule has 0 spiro atoms. The van der Waals surface area contributed by atoms with Crippen molar-refractivity contribution in [2.24, 2.45) is 5.10 Å². The van der Waals surface area contributed by atoms with Crippen LogP contribution < -0.4 is 10.2 Å². The molecule has 1 rings (SSSR count).